The van der Waals surface area contributed by atoms with Crippen LogP contribution in [0.5, 0.6) is 0 Å². The molecule has 0 saturated heterocycles. The lowest BCUT2D eigenvalue weighted by Crippen LogP contribution is -2.48. The van der Waals surface area contributed by atoms with Crippen molar-refractivity contribution in [1.29, 1.82) is 0 Å². The van der Waals surface area contributed by atoms with Crippen molar-refractivity contribution in [1.82, 2.24) is 0 Å². The zero-order chi connectivity index (χ0) is 28.0. The van der Waals surface area contributed by atoms with E-state index < -0.39 is 57.8 Å². The van der Waals surface area contributed by atoms with Crippen molar-refractivity contribution in [3.8, 4) is 0 Å². The topological polar surface area (TPSA) is 262 Å². The lowest BCUT2D eigenvalue weighted by molar-refractivity contribution is -0.432. The van der Waals surface area contributed by atoms with Crippen LogP contribution in [-0.4, -0.2) is 28.1 Å². The van der Waals surface area contributed by atoms with E-state index >= 15 is 0 Å². The van der Waals surface area contributed by atoms with Crippen molar-refractivity contribution in [3.05, 3.63) is 99.9 Å². The zero-order valence-electron chi connectivity index (χ0n) is 18.2. The summed E-state index contributed by atoms with van der Waals surface area (Å²) in [6.45, 7) is 0. The maximum Gasteiger partial charge on any atom is 0.295 e. The molecule has 0 heterocycles. The van der Waals surface area contributed by atoms with Crippen LogP contribution < -0.4 is 32.4 Å². The van der Waals surface area contributed by atoms with E-state index in [4.69, 9.17) is 9.81 Å². The largest absolute Gasteiger partial charge is 0.295 e. The Morgan fingerprint density at radius 2 is 1.50 bits per heavy atom. The fourth-order valence-electron chi connectivity index (χ4n) is 2.75. The van der Waals surface area contributed by atoms with Gasteiger partial charge in [-0.3, -0.25) is 45.2 Å². The molecule has 3 rings (SSSR count). The van der Waals surface area contributed by atoms with Gasteiger partial charge in [-0.2, -0.15) is 18.6 Å². The Kier molecular flexibility index (Phi) is 8.57. The molecule has 20 heteroatoms. The minimum absolute atomic E-state index is 0.149. The van der Waals surface area contributed by atoms with Crippen molar-refractivity contribution in [2.24, 2.45) is 10.2 Å². The van der Waals surface area contributed by atoms with Gasteiger partial charge in [0.2, 0.25) is 10.9 Å². The number of nitro benzene ring substituents is 2. The second-order valence-corrected chi connectivity index (χ2v) is 8.98. The van der Waals surface area contributed by atoms with Crippen molar-refractivity contribution >= 4 is 44.9 Å². The monoisotopic (exact) mass is 568 g/mol. The first kappa shape index (κ1) is 28.0. The Balaban J connectivity index is 2.00. The van der Waals surface area contributed by atoms with Crippen LogP contribution >= 0.6 is 12.0 Å². The van der Waals surface area contributed by atoms with E-state index in [2.05, 4.69) is 30.4 Å². The first-order valence-electron chi connectivity index (χ1n) is 9.56. The maximum atomic E-state index is 12.7. The minimum Gasteiger partial charge on any atom is -0.287 e. The molecule has 0 spiro atoms. The zero-order valence-corrected chi connectivity index (χ0v) is 19.8. The predicted octanol–water partition coefficient (Wildman–Crippen LogP) is 0.630. The van der Waals surface area contributed by atoms with E-state index in [9.17, 15) is 38.2 Å². The van der Waals surface area contributed by atoms with Crippen molar-refractivity contribution in [2.75, 3.05) is 10.9 Å². The summed E-state index contributed by atoms with van der Waals surface area (Å²) >= 11 is 0.452. The fourth-order valence-corrected chi connectivity index (χ4v) is 3.65. The minimum atomic E-state index is -4.74. The first-order chi connectivity index (χ1) is 17.9. The Hall–Kier alpha value is -4.60. The molecule has 0 aliphatic carbocycles. The van der Waals surface area contributed by atoms with Gasteiger partial charge in [0.05, 0.1) is 21.9 Å². The Labute approximate surface area is 213 Å². The van der Waals surface area contributed by atoms with Crippen LogP contribution in [-0.2, 0) is 19.5 Å². The second kappa shape index (κ2) is 11.6. The van der Waals surface area contributed by atoms with E-state index in [0.29, 0.717) is 18.1 Å². The van der Waals surface area contributed by atoms with Crippen LogP contribution in [0.2, 0.25) is 0 Å². The highest BCUT2D eigenvalue weighted by Gasteiger charge is 2.20. The molecule has 0 radical (unpaired) electrons. The van der Waals surface area contributed by atoms with E-state index in [-0.39, 0.29) is 16.3 Å². The van der Waals surface area contributed by atoms with Gasteiger partial charge in [0.25, 0.3) is 21.5 Å². The van der Waals surface area contributed by atoms with E-state index in [1.54, 1.807) is 0 Å². The SMILES string of the molecule is O=c1cc/c(=N\Nc2ccc(S(=O)(=O)O)cc2[N+](=O)[O-])c(=O)c1=NNc1ccc(SOOO)cc1[N+](=O)[O-]. The fraction of sp³-hybridized carbons (Fsp3) is 0. The average Bonchev–Trinajstić information content (AvgIpc) is 2.86. The molecule has 0 amide bonds. The predicted molar refractivity (Wildman–Crippen MR) is 126 cm³/mol. The van der Waals surface area contributed by atoms with Gasteiger partial charge in [0, 0.05) is 17.0 Å². The third-order valence-electron chi connectivity index (χ3n) is 4.45. The highest BCUT2D eigenvalue weighted by Crippen LogP contribution is 2.30. The first-order valence-corrected chi connectivity index (χ1v) is 11.7. The Morgan fingerprint density at radius 3 is 2.11 bits per heavy atom. The number of rotatable bonds is 10. The molecule has 4 N–H and O–H groups in total. The number of hydrogen-bond acceptors (Lipinski definition) is 16. The molecule has 0 atom stereocenters. The van der Waals surface area contributed by atoms with Crippen LogP contribution in [0.1, 0.15) is 0 Å². The third-order valence-corrected chi connectivity index (χ3v) is 5.87. The van der Waals surface area contributed by atoms with E-state index in [1.165, 1.54) is 12.1 Å². The molecule has 0 aromatic heterocycles. The summed E-state index contributed by atoms with van der Waals surface area (Å²) in [7, 11) is -4.74. The molecule has 0 unspecified atom stereocenters. The van der Waals surface area contributed by atoms with Crippen LogP contribution in [0.4, 0.5) is 22.7 Å². The summed E-state index contributed by atoms with van der Waals surface area (Å²) < 4.78 is 35.7. The molecule has 3 aromatic rings. The molecule has 18 nitrogen and oxygen atoms in total. The van der Waals surface area contributed by atoms with Crippen LogP contribution in [0, 0.1) is 20.2 Å². The summed E-state index contributed by atoms with van der Waals surface area (Å²) in [6, 6.07) is 7.72. The molecular formula is C18H12N6O12S2. The number of nitro groups is 2. The number of hydrogen-bond donors (Lipinski definition) is 4. The van der Waals surface area contributed by atoms with Gasteiger partial charge in [0.15, 0.2) is 5.36 Å². The van der Waals surface area contributed by atoms with Crippen LogP contribution in [0.3, 0.4) is 0 Å². The number of nitrogens with one attached hydrogen (secondary N) is 2. The van der Waals surface area contributed by atoms with E-state index in [0.717, 1.165) is 30.3 Å². The molecule has 38 heavy (non-hydrogen) atoms. The highest BCUT2D eigenvalue weighted by molar-refractivity contribution is 7.94. The highest BCUT2D eigenvalue weighted by atomic mass is 32.2. The summed E-state index contributed by atoms with van der Waals surface area (Å²) in [5.74, 6) is 0. The van der Waals surface area contributed by atoms with Crippen molar-refractivity contribution in [2.45, 2.75) is 9.79 Å². The normalized spacial score (nSPS) is 12.4. The third kappa shape index (κ3) is 6.58. The van der Waals surface area contributed by atoms with Crippen molar-refractivity contribution in [3.63, 3.8) is 0 Å². The van der Waals surface area contributed by atoms with Gasteiger partial charge in [0.1, 0.15) is 21.6 Å². The lowest BCUT2D eigenvalue weighted by atomic mass is 10.3. The van der Waals surface area contributed by atoms with Gasteiger partial charge in [-0.1, -0.05) is 5.04 Å². The standard InChI is InChI=1S/C18H12N6O12S2/c25-16-6-5-13(21-19-12-4-2-10(38(32,33)34)8-15(12)24(29)30)18(26)17(16)22-20-11-3-1-9(37-36-35-31)7-14(11)23(27)28/h1-8,19-20,31H,(H,32,33,34)/b21-13+,22-17?. The molecular weight excluding hydrogens is 556 g/mol. The van der Waals surface area contributed by atoms with Crippen molar-refractivity contribution < 1.29 is 37.4 Å². The smallest absolute Gasteiger partial charge is 0.287 e. The van der Waals surface area contributed by atoms with Gasteiger partial charge in [-0.15, -0.1) is 4.33 Å². The maximum absolute atomic E-state index is 12.7. The molecule has 0 aliphatic heterocycles. The summed E-state index contributed by atoms with van der Waals surface area (Å²) in [4.78, 5) is 45.2. The second-order valence-electron chi connectivity index (χ2n) is 6.78. The van der Waals surface area contributed by atoms with Gasteiger partial charge in [-0.05, 0) is 36.4 Å². The molecule has 0 saturated carbocycles. The summed E-state index contributed by atoms with van der Waals surface area (Å²) in [5.41, 5.74) is 0.599. The van der Waals surface area contributed by atoms with Gasteiger partial charge in [-0.25, -0.2) is 5.26 Å². The quantitative estimate of drug-likeness (QED) is 0.0859. The molecule has 0 bridgehead atoms. The van der Waals surface area contributed by atoms with E-state index in [1.807, 2.05) is 0 Å². The summed E-state index contributed by atoms with van der Waals surface area (Å²) in [5, 5.41) is 40.4. The average molecular weight is 568 g/mol. The number of nitrogens with zero attached hydrogens (tertiary/aromatic N) is 4. The van der Waals surface area contributed by atoms with Crippen LogP contribution in [0.15, 0.2) is 78.1 Å². The Morgan fingerprint density at radius 1 is 0.895 bits per heavy atom. The molecule has 0 aliphatic rings. The molecule has 198 valence electrons. The van der Waals surface area contributed by atoms with Crippen LogP contribution in [0.25, 0.3) is 0 Å². The van der Waals surface area contributed by atoms with Gasteiger partial charge >= 0.3 is 0 Å². The Bertz CT molecular complexity index is 1750. The molecule has 0 fully saturated rings. The summed E-state index contributed by atoms with van der Waals surface area (Å²) in [6.07, 6.45) is 0. The lowest BCUT2D eigenvalue weighted by Gasteiger charge is -2.04. The van der Waals surface area contributed by atoms with Gasteiger partial charge < -0.3 is 0 Å². The number of anilines is 2. The number of benzene rings is 3. The molecule has 3 aromatic carbocycles.